The van der Waals surface area contributed by atoms with Crippen LogP contribution in [0.25, 0.3) is 0 Å². The number of aliphatic carboxylic acids is 1. The number of ether oxygens (including phenoxy) is 1. The molecule has 3 N–H and O–H groups in total. The van der Waals surface area contributed by atoms with Gasteiger partial charge in [0.1, 0.15) is 30.6 Å². The van der Waals surface area contributed by atoms with E-state index in [0.717, 1.165) is 50.2 Å². The first kappa shape index (κ1) is 26.7. The molecule has 1 atom stereocenters. The molecule has 3 rings (SSSR count). The van der Waals surface area contributed by atoms with Crippen molar-refractivity contribution in [1.82, 2.24) is 19.9 Å². The topological polar surface area (TPSA) is 112 Å². The number of fused-ring (bicyclic) bond motifs is 1. The van der Waals surface area contributed by atoms with E-state index in [1.54, 1.807) is 6.07 Å². The molecule has 2 aromatic rings. The Bertz CT molecular complexity index is 906. The number of alkyl halides is 2. The van der Waals surface area contributed by atoms with Crippen LogP contribution in [0.1, 0.15) is 36.9 Å². The van der Waals surface area contributed by atoms with E-state index in [9.17, 15) is 18.7 Å². The summed E-state index contributed by atoms with van der Waals surface area (Å²) in [4.78, 5) is 26.4. The molecule has 1 aliphatic rings. The number of aromatic nitrogens is 3. The Labute approximate surface area is 204 Å². The molecular formula is C24H34F2N6O3. The van der Waals surface area contributed by atoms with Gasteiger partial charge in [-0.15, -0.1) is 0 Å². The highest BCUT2D eigenvalue weighted by Crippen LogP contribution is 2.20. The van der Waals surface area contributed by atoms with Gasteiger partial charge in [-0.2, -0.15) is 0 Å². The molecular weight excluding hydrogens is 458 g/mol. The second-order valence-corrected chi connectivity index (χ2v) is 8.52. The lowest BCUT2D eigenvalue weighted by molar-refractivity contribution is -0.138. The molecule has 1 aliphatic heterocycles. The van der Waals surface area contributed by atoms with Gasteiger partial charge in [0.05, 0.1) is 6.61 Å². The normalized spacial score (nSPS) is 13.9. The van der Waals surface area contributed by atoms with Gasteiger partial charge in [0.2, 0.25) is 0 Å². The fourth-order valence-electron chi connectivity index (χ4n) is 3.97. The van der Waals surface area contributed by atoms with Crippen molar-refractivity contribution < 1.29 is 23.4 Å². The van der Waals surface area contributed by atoms with Gasteiger partial charge < -0.3 is 25.4 Å². The molecule has 35 heavy (non-hydrogen) atoms. The fourth-order valence-corrected chi connectivity index (χ4v) is 3.97. The second kappa shape index (κ2) is 14.5. The first-order chi connectivity index (χ1) is 17.0. The number of hydrogen-bond acceptors (Lipinski definition) is 8. The summed E-state index contributed by atoms with van der Waals surface area (Å²) in [6.45, 7) is 2.16. The summed E-state index contributed by atoms with van der Waals surface area (Å²) in [6, 6.07) is 5.00. The van der Waals surface area contributed by atoms with Gasteiger partial charge >= 0.3 is 5.97 Å². The standard InChI is InChI=1S/C24H34F2N6O3/c25-21(26)16-35-15-14-32(13-9-20(24(33)34)31-22-8-11-27-17-29-22)12-2-1-5-19-7-6-18-4-3-10-28-23(18)30-19/h6-8,11,17,20-21H,1-5,9-10,12-16H2,(H,28,30)(H,33,34)(H,27,29,31). The van der Waals surface area contributed by atoms with Crippen LogP contribution in [0.4, 0.5) is 20.4 Å². The van der Waals surface area contributed by atoms with Crippen LogP contribution >= 0.6 is 0 Å². The zero-order chi connectivity index (χ0) is 24.9. The predicted octanol–water partition coefficient (Wildman–Crippen LogP) is 3.09. The Kier molecular flexibility index (Phi) is 11.0. The van der Waals surface area contributed by atoms with Crippen molar-refractivity contribution in [3.05, 3.63) is 42.0 Å². The average molecular weight is 493 g/mol. The van der Waals surface area contributed by atoms with Crippen LogP contribution in [0.2, 0.25) is 0 Å². The highest BCUT2D eigenvalue weighted by Gasteiger charge is 2.19. The number of nitrogens with zero attached hydrogens (tertiary/aromatic N) is 4. The third kappa shape index (κ3) is 9.69. The lowest BCUT2D eigenvalue weighted by Crippen LogP contribution is -2.37. The number of pyridine rings is 1. The van der Waals surface area contributed by atoms with Crippen molar-refractivity contribution >= 4 is 17.6 Å². The first-order valence-electron chi connectivity index (χ1n) is 12.1. The molecule has 0 radical (unpaired) electrons. The average Bonchev–Trinajstić information content (AvgIpc) is 2.86. The van der Waals surface area contributed by atoms with Crippen LogP contribution < -0.4 is 10.6 Å². The van der Waals surface area contributed by atoms with Crippen LogP contribution in [-0.2, 0) is 22.4 Å². The molecule has 9 nitrogen and oxygen atoms in total. The van der Waals surface area contributed by atoms with Crippen LogP contribution in [0.15, 0.2) is 30.7 Å². The van der Waals surface area contributed by atoms with Gasteiger partial charge in [-0.05, 0) is 62.8 Å². The maximum Gasteiger partial charge on any atom is 0.326 e. The molecule has 0 amide bonds. The maximum absolute atomic E-state index is 12.4. The summed E-state index contributed by atoms with van der Waals surface area (Å²) in [5.41, 5.74) is 2.31. The Morgan fingerprint density at radius 3 is 2.89 bits per heavy atom. The van der Waals surface area contributed by atoms with E-state index < -0.39 is 25.0 Å². The van der Waals surface area contributed by atoms with E-state index >= 15 is 0 Å². The molecule has 0 aliphatic carbocycles. The van der Waals surface area contributed by atoms with Crippen molar-refractivity contribution in [3.63, 3.8) is 0 Å². The van der Waals surface area contributed by atoms with Crippen LogP contribution in [0.5, 0.6) is 0 Å². The Morgan fingerprint density at radius 2 is 2.11 bits per heavy atom. The Hall–Kier alpha value is -2.92. The van der Waals surface area contributed by atoms with Crippen molar-refractivity contribution in [2.75, 3.05) is 50.0 Å². The van der Waals surface area contributed by atoms with Gasteiger partial charge in [0.15, 0.2) is 0 Å². The summed E-state index contributed by atoms with van der Waals surface area (Å²) in [6.07, 6.45) is 5.53. The molecule has 3 heterocycles. The van der Waals surface area contributed by atoms with Gasteiger partial charge in [-0.25, -0.2) is 28.5 Å². The summed E-state index contributed by atoms with van der Waals surface area (Å²) < 4.78 is 29.8. The summed E-state index contributed by atoms with van der Waals surface area (Å²) in [5.74, 6) is 0.443. The number of nitrogens with one attached hydrogen (secondary N) is 2. The lowest BCUT2D eigenvalue weighted by Gasteiger charge is -2.24. The van der Waals surface area contributed by atoms with Crippen molar-refractivity contribution in [2.45, 2.75) is 51.0 Å². The minimum absolute atomic E-state index is 0.166. The zero-order valence-corrected chi connectivity index (χ0v) is 19.8. The monoisotopic (exact) mass is 492 g/mol. The third-order valence-electron chi connectivity index (χ3n) is 5.84. The maximum atomic E-state index is 12.4. The number of halogens is 2. The smallest absolute Gasteiger partial charge is 0.326 e. The summed E-state index contributed by atoms with van der Waals surface area (Å²) in [7, 11) is 0. The van der Waals surface area contributed by atoms with Crippen molar-refractivity contribution in [2.24, 2.45) is 0 Å². The van der Waals surface area contributed by atoms with Crippen LogP contribution in [0, 0.1) is 0 Å². The number of anilines is 2. The molecule has 0 fully saturated rings. The van der Waals surface area contributed by atoms with Crippen molar-refractivity contribution in [1.29, 1.82) is 0 Å². The number of rotatable bonds is 16. The van der Waals surface area contributed by atoms with E-state index in [1.807, 2.05) is 0 Å². The first-order valence-corrected chi connectivity index (χ1v) is 12.1. The summed E-state index contributed by atoms with van der Waals surface area (Å²) >= 11 is 0. The molecule has 1 unspecified atom stereocenters. The fraction of sp³-hybridized carbons (Fsp3) is 0.583. The number of aryl methyl sites for hydroxylation is 2. The molecule has 0 bridgehead atoms. The number of carbonyl (C=O) groups is 1. The highest BCUT2D eigenvalue weighted by atomic mass is 19.3. The molecule has 0 spiro atoms. The van der Waals surface area contributed by atoms with Crippen LogP contribution in [0.3, 0.4) is 0 Å². The lowest BCUT2D eigenvalue weighted by atomic mass is 10.1. The quantitative estimate of drug-likeness (QED) is 0.304. The van der Waals surface area contributed by atoms with Gasteiger partial charge in [0, 0.05) is 31.5 Å². The molecule has 11 heteroatoms. The third-order valence-corrected chi connectivity index (χ3v) is 5.84. The number of hydrogen-bond donors (Lipinski definition) is 3. The van der Waals surface area contributed by atoms with Gasteiger partial charge in [-0.1, -0.05) is 6.07 Å². The minimum atomic E-state index is -2.50. The van der Waals surface area contributed by atoms with E-state index in [2.05, 4.69) is 37.6 Å². The van der Waals surface area contributed by atoms with E-state index in [1.165, 1.54) is 18.1 Å². The van der Waals surface area contributed by atoms with E-state index in [4.69, 9.17) is 9.72 Å². The molecule has 2 aromatic heterocycles. The molecule has 192 valence electrons. The second-order valence-electron chi connectivity index (χ2n) is 8.52. The van der Waals surface area contributed by atoms with E-state index in [-0.39, 0.29) is 6.61 Å². The molecule has 0 saturated carbocycles. The number of carboxylic acid groups (broad SMARTS) is 1. The molecule has 0 aromatic carbocycles. The predicted molar refractivity (Wildman–Crippen MR) is 129 cm³/mol. The van der Waals surface area contributed by atoms with Crippen molar-refractivity contribution in [3.8, 4) is 0 Å². The molecule has 0 saturated heterocycles. The Morgan fingerprint density at radius 1 is 1.23 bits per heavy atom. The highest BCUT2D eigenvalue weighted by molar-refractivity contribution is 5.76. The zero-order valence-electron chi connectivity index (χ0n) is 19.8. The summed E-state index contributed by atoms with van der Waals surface area (Å²) in [5, 5.41) is 15.9. The van der Waals surface area contributed by atoms with Gasteiger partial charge in [0.25, 0.3) is 6.43 Å². The van der Waals surface area contributed by atoms with Gasteiger partial charge in [-0.3, -0.25) is 0 Å². The SMILES string of the molecule is O=C(O)C(CCN(CCCCc1ccc2c(n1)NCCC2)CCOCC(F)F)Nc1ccncn1. The number of carboxylic acids is 1. The Balaban J connectivity index is 1.47. The van der Waals surface area contributed by atoms with E-state index in [0.29, 0.717) is 31.9 Å². The number of unbranched alkanes of at least 4 members (excludes halogenated alkanes) is 1. The largest absolute Gasteiger partial charge is 0.480 e. The minimum Gasteiger partial charge on any atom is -0.480 e. The van der Waals surface area contributed by atoms with Crippen LogP contribution in [-0.4, -0.2) is 82.8 Å².